The maximum absolute atomic E-state index is 17.0. The Kier molecular flexibility index (Phi) is 7.93. The summed E-state index contributed by atoms with van der Waals surface area (Å²) < 4.78 is 44.1. The molecule has 4 fully saturated rings. The normalized spacial score (nSPS) is 22.1. The van der Waals surface area contributed by atoms with Gasteiger partial charge < -0.3 is 19.7 Å². The molecule has 2 atom stereocenters. The van der Waals surface area contributed by atoms with Crippen molar-refractivity contribution in [2.24, 2.45) is 0 Å². The number of ether oxygens (including phenoxy) is 2. The summed E-state index contributed by atoms with van der Waals surface area (Å²) in [5, 5.41) is 7.13. The van der Waals surface area contributed by atoms with Gasteiger partial charge in [-0.2, -0.15) is 0 Å². The van der Waals surface area contributed by atoms with Crippen molar-refractivity contribution in [1.29, 1.82) is 0 Å². The van der Waals surface area contributed by atoms with E-state index in [0.29, 0.717) is 35.5 Å². The Morgan fingerprint density at radius 2 is 1.83 bits per heavy atom. The number of amides is 1. The van der Waals surface area contributed by atoms with E-state index in [9.17, 15) is 4.79 Å². The van der Waals surface area contributed by atoms with E-state index in [-0.39, 0.29) is 37.0 Å². The van der Waals surface area contributed by atoms with Crippen molar-refractivity contribution in [1.82, 2.24) is 20.2 Å². The Labute approximate surface area is 286 Å². The molecule has 254 valence electrons. The van der Waals surface area contributed by atoms with Gasteiger partial charge in [-0.25, -0.2) is 23.5 Å². The Morgan fingerprint density at radius 3 is 2.54 bits per heavy atom. The molecule has 48 heavy (non-hydrogen) atoms. The number of thiazole rings is 1. The third-order valence-corrected chi connectivity index (χ3v) is 11.5. The molecule has 13 heteroatoms. The van der Waals surface area contributed by atoms with E-state index in [2.05, 4.69) is 25.4 Å². The van der Waals surface area contributed by atoms with Gasteiger partial charge in [0.05, 0.1) is 26.5 Å². The maximum atomic E-state index is 17.0. The van der Waals surface area contributed by atoms with Crippen LogP contribution in [-0.4, -0.2) is 77.0 Å². The van der Waals surface area contributed by atoms with Crippen molar-refractivity contribution >= 4 is 61.0 Å². The summed E-state index contributed by atoms with van der Waals surface area (Å²) in [6.45, 7) is 9.48. The van der Waals surface area contributed by atoms with Crippen LogP contribution < -0.4 is 20.3 Å². The fourth-order valence-electron chi connectivity index (χ4n) is 8.12. The number of carbonyl (C=O) groups is 1. The monoisotopic (exact) mass is 696 g/mol. The lowest BCUT2D eigenvalue weighted by atomic mass is 9.95. The summed E-state index contributed by atoms with van der Waals surface area (Å²) in [5.74, 6) is -0.797. The Balaban J connectivity index is 1.22. The predicted molar refractivity (Wildman–Crippen MR) is 186 cm³/mol. The second-order valence-electron chi connectivity index (χ2n) is 14.6. The van der Waals surface area contributed by atoms with Gasteiger partial charge in [0.25, 0.3) is 0 Å². The molecule has 6 heterocycles. The molecule has 2 unspecified atom stereocenters. The second kappa shape index (κ2) is 11.9. The quantitative estimate of drug-likeness (QED) is 0.212. The van der Waals surface area contributed by atoms with Crippen LogP contribution in [0, 0.1) is 11.6 Å². The molecular weight excluding hydrogens is 658 g/mol. The highest BCUT2D eigenvalue weighted by atomic mass is 35.5. The highest BCUT2D eigenvalue weighted by molar-refractivity contribution is 7.22. The average molecular weight is 697 g/mol. The van der Waals surface area contributed by atoms with E-state index in [4.69, 9.17) is 26.1 Å². The van der Waals surface area contributed by atoms with Crippen LogP contribution in [0.2, 0.25) is 5.02 Å². The van der Waals surface area contributed by atoms with Gasteiger partial charge in [0.2, 0.25) is 5.88 Å². The van der Waals surface area contributed by atoms with Crippen molar-refractivity contribution in [2.45, 2.75) is 82.5 Å². The number of rotatable bonds is 6. The second-order valence-corrected chi connectivity index (χ2v) is 16.0. The molecule has 2 aromatic carbocycles. The number of hydrogen-bond acceptors (Lipinski definition) is 9. The lowest BCUT2D eigenvalue weighted by Crippen LogP contribution is -2.51. The molecule has 0 aliphatic carbocycles. The molecule has 4 saturated heterocycles. The molecule has 2 bridgehead atoms. The van der Waals surface area contributed by atoms with Crippen molar-refractivity contribution < 1.29 is 23.0 Å². The SMILES string of the molecule is CC(C)(C)OC(=O)Nc1nc2c(-c3c(Cl)cc4c(N5CC6CCC(C5)N6)cc(OCC56CCCN5CCC6)nc4c3F)ccc(F)c2s1. The molecule has 4 aliphatic rings. The first-order valence-electron chi connectivity index (χ1n) is 16.8. The lowest BCUT2D eigenvalue weighted by molar-refractivity contribution is 0.0636. The number of fused-ring (bicyclic) bond motifs is 5. The number of benzene rings is 2. The van der Waals surface area contributed by atoms with Crippen molar-refractivity contribution in [3.63, 3.8) is 0 Å². The number of hydrogen-bond donors (Lipinski definition) is 2. The van der Waals surface area contributed by atoms with Gasteiger partial charge in [-0.3, -0.25) is 10.2 Å². The summed E-state index contributed by atoms with van der Waals surface area (Å²) in [6, 6.07) is 7.14. The van der Waals surface area contributed by atoms with Gasteiger partial charge in [-0.05, 0) is 90.6 Å². The topological polar surface area (TPSA) is 91.8 Å². The Morgan fingerprint density at radius 1 is 1.10 bits per heavy atom. The van der Waals surface area contributed by atoms with Crippen LogP contribution in [0.15, 0.2) is 24.3 Å². The third-order valence-electron chi connectivity index (χ3n) is 10.2. The predicted octanol–water partition coefficient (Wildman–Crippen LogP) is 7.74. The summed E-state index contributed by atoms with van der Waals surface area (Å²) in [6.07, 6.45) is 5.95. The molecule has 1 amide bonds. The van der Waals surface area contributed by atoms with Crippen LogP contribution in [0.5, 0.6) is 5.88 Å². The van der Waals surface area contributed by atoms with E-state index < -0.39 is 23.3 Å². The first-order valence-corrected chi connectivity index (χ1v) is 18.0. The lowest BCUT2D eigenvalue weighted by Gasteiger charge is -2.35. The average Bonchev–Trinajstić information content (AvgIpc) is 3.80. The van der Waals surface area contributed by atoms with Gasteiger partial charge in [-0.1, -0.05) is 22.9 Å². The molecular formula is C35H39ClF2N6O3S. The number of pyridine rings is 1. The summed E-state index contributed by atoms with van der Waals surface area (Å²) >= 11 is 7.87. The van der Waals surface area contributed by atoms with Gasteiger partial charge in [0, 0.05) is 47.8 Å². The molecule has 9 nitrogen and oxygen atoms in total. The Bertz CT molecular complexity index is 1910. The zero-order chi connectivity index (χ0) is 33.4. The number of nitrogens with one attached hydrogen (secondary N) is 2. The summed E-state index contributed by atoms with van der Waals surface area (Å²) in [5.41, 5.74) is 0.796. The zero-order valence-electron chi connectivity index (χ0n) is 27.3. The smallest absolute Gasteiger partial charge is 0.413 e. The van der Waals surface area contributed by atoms with Crippen molar-refractivity contribution in [3.8, 4) is 17.0 Å². The molecule has 0 spiro atoms. The highest BCUT2D eigenvalue weighted by Crippen LogP contribution is 2.45. The number of piperazine rings is 1. The fourth-order valence-corrected chi connectivity index (χ4v) is 9.29. The van der Waals surface area contributed by atoms with Gasteiger partial charge >= 0.3 is 6.09 Å². The van der Waals surface area contributed by atoms with Crippen LogP contribution in [0.4, 0.5) is 24.4 Å². The molecule has 2 aromatic heterocycles. The number of anilines is 2. The molecule has 8 rings (SSSR count). The molecule has 4 aromatic rings. The Hall–Kier alpha value is -3.32. The zero-order valence-corrected chi connectivity index (χ0v) is 28.9. The third kappa shape index (κ3) is 5.74. The van der Waals surface area contributed by atoms with Crippen LogP contribution >= 0.6 is 22.9 Å². The largest absolute Gasteiger partial charge is 0.476 e. The fraction of sp³-hybridized carbons (Fsp3) is 0.514. The first-order chi connectivity index (χ1) is 23.0. The standard InChI is InChI=1S/C35H39ClF2N6O3S/c1-34(2,3)47-33(45)42-32-41-30-21(8-9-24(37)31(30)48-32)27-23(36)14-22-25(43-16-19-6-7-20(17-43)39-19)15-26(40-29(22)28(27)38)46-18-35-10-4-12-44(35)13-5-11-35/h8-9,14-15,19-20,39H,4-7,10-13,16-18H2,1-3H3,(H,41,42,45). The van der Waals surface area contributed by atoms with E-state index in [1.165, 1.54) is 12.1 Å². The molecule has 0 radical (unpaired) electrons. The van der Waals surface area contributed by atoms with Crippen LogP contribution in [-0.2, 0) is 4.74 Å². The van der Waals surface area contributed by atoms with Gasteiger partial charge in [-0.15, -0.1) is 0 Å². The summed E-state index contributed by atoms with van der Waals surface area (Å²) in [7, 11) is 0. The highest BCUT2D eigenvalue weighted by Gasteiger charge is 2.45. The van der Waals surface area contributed by atoms with E-state index in [1.807, 2.05) is 6.07 Å². The van der Waals surface area contributed by atoms with E-state index in [1.54, 1.807) is 26.8 Å². The van der Waals surface area contributed by atoms with Crippen LogP contribution in [0.1, 0.15) is 59.3 Å². The number of aromatic nitrogens is 2. The molecule has 2 N–H and O–H groups in total. The minimum atomic E-state index is -0.731. The number of nitrogens with zero attached hydrogens (tertiary/aromatic N) is 4. The molecule has 0 saturated carbocycles. The van der Waals surface area contributed by atoms with Gasteiger partial charge in [0.15, 0.2) is 10.9 Å². The minimum absolute atomic E-state index is 0.00401. The molecule has 4 aliphatic heterocycles. The van der Waals surface area contributed by atoms with Crippen LogP contribution in [0.25, 0.3) is 32.2 Å². The number of halogens is 3. The van der Waals surface area contributed by atoms with Crippen molar-refractivity contribution in [2.75, 3.05) is 43.0 Å². The maximum Gasteiger partial charge on any atom is 0.413 e. The van der Waals surface area contributed by atoms with Gasteiger partial charge in [0.1, 0.15) is 23.5 Å². The van der Waals surface area contributed by atoms with Crippen molar-refractivity contribution in [3.05, 3.63) is 40.9 Å². The van der Waals surface area contributed by atoms with Crippen LogP contribution in [0.3, 0.4) is 0 Å². The summed E-state index contributed by atoms with van der Waals surface area (Å²) in [4.78, 5) is 26.6. The minimum Gasteiger partial charge on any atom is -0.476 e. The first kappa shape index (κ1) is 31.9. The van der Waals surface area contributed by atoms with E-state index >= 15 is 8.78 Å². The number of carbonyl (C=O) groups excluding carboxylic acids is 1. The van der Waals surface area contributed by atoms with E-state index in [0.717, 1.165) is 81.7 Å².